The molecular formula is C18H23NO3. The summed E-state index contributed by atoms with van der Waals surface area (Å²) in [5.74, 6) is -1.20. The van der Waals surface area contributed by atoms with Crippen LogP contribution in [0.4, 0.5) is 5.69 Å². The predicted octanol–water partition coefficient (Wildman–Crippen LogP) is 3.47. The van der Waals surface area contributed by atoms with Crippen molar-refractivity contribution < 1.29 is 14.3 Å². The normalized spacial score (nSPS) is 20.7. The standard InChI is InChI=1S/C18H23NO3/c1-12(2)22-18(21)16-7-5-4-6-15(16)17(20)19-14-10-8-13(3)9-11-14/h4-5,8-12,15-16H,6-7H2,1-3H3,(H,19,20). The quantitative estimate of drug-likeness (QED) is 0.684. The zero-order chi connectivity index (χ0) is 16.1. The topological polar surface area (TPSA) is 55.4 Å². The molecule has 0 saturated heterocycles. The average molecular weight is 301 g/mol. The van der Waals surface area contributed by atoms with E-state index in [0.717, 1.165) is 11.3 Å². The summed E-state index contributed by atoms with van der Waals surface area (Å²) in [6.07, 6.45) is 4.85. The molecule has 0 fully saturated rings. The molecular weight excluding hydrogens is 278 g/mol. The highest BCUT2D eigenvalue weighted by Crippen LogP contribution is 2.28. The van der Waals surface area contributed by atoms with Gasteiger partial charge in [0.05, 0.1) is 17.9 Å². The number of ether oxygens (including phenoxy) is 1. The number of carbonyl (C=O) groups excluding carboxylic acids is 2. The number of aryl methyl sites for hydroxylation is 1. The number of benzene rings is 1. The van der Waals surface area contributed by atoms with Gasteiger partial charge in [-0.3, -0.25) is 9.59 Å². The Morgan fingerprint density at radius 3 is 2.27 bits per heavy atom. The second-order valence-electron chi connectivity index (χ2n) is 6.00. The van der Waals surface area contributed by atoms with E-state index >= 15 is 0 Å². The fourth-order valence-corrected chi connectivity index (χ4v) is 2.56. The van der Waals surface area contributed by atoms with E-state index in [2.05, 4.69) is 5.32 Å². The van der Waals surface area contributed by atoms with Crippen LogP contribution in [-0.4, -0.2) is 18.0 Å². The molecule has 0 radical (unpaired) electrons. The first-order chi connectivity index (χ1) is 10.5. The Morgan fingerprint density at radius 2 is 1.68 bits per heavy atom. The average Bonchev–Trinajstić information content (AvgIpc) is 2.49. The van der Waals surface area contributed by atoms with Crippen molar-refractivity contribution >= 4 is 17.6 Å². The van der Waals surface area contributed by atoms with E-state index in [1.807, 2.05) is 57.2 Å². The van der Waals surface area contributed by atoms with Gasteiger partial charge in [0.1, 0.15) is 0 Å². The number of hydrogen-bond acceptors (Lipinski definition) is 3. The fraction of sp³-hybridized carbons (Fsp3) is 0.444. The molecule has 4 nitrogen and oxygen atoms in total. The summed E-state index contributed by atoms with van der Waals surface area (Å²) in [6.45, 7) is 5.63. The molecule has 2 unspecified atom stereocenters. The third-order valence-corrected chi connectivity index (χ3v) is 3.74. The highest BCUT2D eigenvalue weighted by Gasteiger charge is 2.35. The van der Waals surface area contributed by atoms with E-state index in [1.165, 1.54) is 0 Å². The molecule has 0 saturated carbocycles. The van der Waals surface area contributed by atoms with Crippen molar-refractivity contribution in [3.05, 3.63) is 42.0 Å². The van der Waals surface area contributed by atoms with Gasteiger partial charge in [-0.1, -0.05) is 29.8 Å². The summed E-state index contributed by atoms with van der Waals surface area (Å²) in [7, 11) is 0. The van der Waals surface area contributed by atoms with Gasteiger partial charge in [0.25, 0.3) is 0 Å². The lowest BCUT2D eigenvalue weighted by atomic mass is 9.82. The van der Waals surface area contributed by atoms with Crippen LogP contribution in [0, 0.1) is 18.8 Å². The molecule has 1 aliphatic carbocycles. The van der Waals surface area contributed by atoms with E-state index in [-0.39, 0.29) is 23.9 Å². The van der Waals surface area contributed by atoms with Crippen molar-refractivity contribution in [2.24, 2.45) is 11.8 Å². The molecule has 1 aliphatic rings. The number of anilines is 1. The van der Waals surface area contributed by atoms with E-state index in [9.17, 15) is 9.59 Å². The van der Waals surface area contributed by atoms with Crippen molar-refractivity contribution in [2.45, 2.75) is 39.7 Å². The molecule has 1 N–H and O–H groups in total. The van der Waals surface area contributed by atoms with Crippen LogP contribution >= 0.6 is 0 Å². The Labute approximate surface area is 131 Å². The van der Waals surface area contributed by atoms with Gasteiger partial charge in [-0.2, -0.15) is 0 Å². The minimum Gasteiger partial charge on any atom is -0.463 e. The Morgan fingerprint density at radius 1 is 1.09 bits per heavy atom. The highest BCUT2D eigenvalue weighted by molar-refractivity contribution is 5.95. The van der Waals surface area contributed by atoms with Gasteiger partial charge in [0, 0.05) is 5.69 Å². The van der Waals surface area contributed by atoms with Crippen molar-refractivity contribution in [3.8, 4) is 0 Å². The minimum absolute atomic E-state index is 0.126. The van der Waals surface area contributed by atoms with Crippen molar-refractivity contribution in [3.63, 3.8) is 0 Å². The molecule has 0 aliphatic heterocycles. The number of rotatable bonds is 4. The van der Waals surface area contributed by atoms with Gasteiger partial charge >= 0.3 is 5.97 Å². The maximum atomic E-state index is 12.5. The third-order valence-electron chi connectivity index (χ3n) is 3.74. The van der Waals surface area contributed by atoms with Gasteiger partial charge < -0.3 is 10.1 Å². The molecule has 0 bridgehead atoms. The molecule has 1 aromatic rings. The summed E-state index contributed by atoms with van der Waals surface area (Å²) in [5, 5.41) is 2.90. The van der Waals surface area contributed by atoms with Gasteiger partial charge in [0.2, 0.25) is 5.91 Å². The SMILES string of the molecule is Cc1ccc(NC(=O)C2CC=CCC2C(=O)OC(C)C)cc1. The Kier molecular flexibility index (Phi) is 5.36. The second kappa shape index (κ2) is 7.25. The van der Waals surface area contributed by atoms with Crippen LogP contribution in [0.2, 0.25) is 0 Å². The van der Waals surface area contributed by atoms with Gasteiger partial charge in [-0.05, 0) is 45.7 Å². The monoisotopic (exact) mass is 301 g/mol. The molecule has 4 heteroatoms. The van der Waals surface area contributed by atoms with E-state index in [0.29, 0.717) is 12.8 Å². The summed E-state index contributed by atoms with van der Waals surface area (Å²) >= 11 is 0. The molecule has 0 heterocycles. The summed E-state index contributed by atoms with van der Waals surface area (Å²) in [5.41, 5.74) is 1.89. The van der Waals surface area contributed by atoms with E-state index in [4.69, 9.17) is 4.74 Å². The number of allylic oxidation sites excluding steroid dienone is 2. The number of amides is 1. The lowest BCUT2D eigenvalue weighted by Gasteiger charge is -2.26. The Bertz CT molecular complexity index is 560. The molecule has 1 aromatic carbocycles. The summed E-state index contributed by atoms with van der Waals surface area (Å²) < 4.78 is 5.28. The fourth-order valence-electron chi connectivity index (χ4n) is 2.56. The van der Waals surface area contributed by atoms with Crippen LogP contribution in [0.15, 0.2) is 36.4 Å². The largest absolute Gasteiger partial charge is 0.463 e. The second-order valence-corrected chi connectivity index (χ2v) is 6.00. The summed E-state index contributed by atoms with van der Waals surface area (Å²) in [6, 6.07) is 7.63. The minimum atomic E-state index is -0.405. The van der Waals surface area contributed by atoms with Crippen LogP contribution in [-0.2, 0) is 14.3 Å². The number of esters is 1. The lowest BCUT2D eigenvalue weighted by molar-refractivity contribution is -0.156. The zero-order valence-electron chi connectivity index (χ0n) is 13.3. The summed E-state index contributed by atoms with van der Waals surface area (Å²) in [4.78, 5) is 24.7. The maximum Gasteiger partial charge on any atom is 0.310 e. The molecule has 2 atom stereocenters. The first-order valence-electron chi connectivity index (χ1n) is 7.70. The first kappa shape index (κ1) is 16.3. The predicted molar refractivity (Wildman–Crippen MR) is 86.4 cm³/mol. The van der Waals surface area contributed by atoms with Crippen molar-refractivity contribution in [1.82, 2.24) is 0 Å². The number of hydrogen-bond donors (Lipinski definition) is 1. The molecule has 0 spiro atoms. The lowest BCUT2D eigenvalue weighted by Crippen LogP contribution is -2.36. The highest BCUT2D eigenvalue weighted by atomic mass is 16.5. The molecule has 22 heavy (non-hydrogen) atoms. The Balaban J connectivity index is 2.06. The Hall–Kier alpha value is -2.10. The molecule has 1 amide bonds. The van der Waals surface area contributed by atoms with Crippen LogP contribution in [0.3, 0.4) is 0 Å². The van der Waals surface area contributed by atoms with Gasteiger partial charge in [-0.15, -0.1) is 0 Å². The van der Waals surface area contributed by atoms with E-state index in [1.54, 1.807) is 0 Å². The molecule has 2 rings (SSSR count). The van der Waals surface area contributed by atoms with Crippen LogP contribution in [0.1, 0.15) is 32.3 Å². The first-order valence-corrected chi connectivity index (χ1v) is 7.70. The molecule has 0 aromatic heterocycles. The third kappa shape index (κ3) is 4.20. The number of nitrogens with one attached hydrogen (secondary N) is 1. The van der Waals surface area contributed by atoms with E-state index < -0.39 is 5.92 Å². The molecule has 118 valence electrons. The zero-order valence-corrected chi connectivity index (χ0v) is 13.3. The smallest absolute Gasteiger partial charge is 0.310 e. The van der Waals surface area contributed by atoms with Gasteiger partial charge in [-0.25, -0.2) is 0 Å². The van der Waals surface area contributed by atoms with Crippen LogP contribution < -0.4 is 5.32 Å². The van der Waals surface area contributed by atoms with Crippen molar-refractivity contribution in [1.29, 1.82) is 0 Å². The van der Waals surface area contributed by atoms with Crippen LogP contribution in [0.5, 0.6) is 0 Å². The van der Waals surface area contributed by atoms with Crippen LogP contribution in [0.25, 0.3) is 0 Å². The van der Waals surface area contributed by atoms with Gasteiger partial charge in [0.15, 0.2) is 0 Å². The number of carbonyl (C=O) groups is 2. The maximum absolute atomic E-state index is 12.5. The van der Waals surface area contributed by atoms with Crippen molar-refractivity contribution in [2.75, 3.05) is 5.32 Å².